The van der Waals surface area contributed by atoms with Crippen LogP contribution in [0.1, 0.15) is 50.5 Å². The molecule has 1 unspecified atom stereocenters. The number of aromatic nitrogens is 3. The highest BCUT2D eigenvalue weighted by molar-refractivity contribution is 7.98. The lowest BCUT2D eigenvalue weighted by Crippen LogP contribution is -2.23. The zero-order valence-electron chi connectivity index (χ0n) is 16.0. The van der Waals surface area contributed by atoms with Gasteiger partial charge in [-0.2, -0.15) is 0 Å². The first-order chi connectivity index (χ1) is 12.1. The molecular weight excluding hydrogens is 332 g/mol. The van der Waals surface area contributed by atoms with Crippen molar-refractivity contribution in [1.82, 2.24) is 19.7 Å². The molecule has 1 heterocycles. The number of hydrogen-bond acceptors (Lipinski definition) is 5. The fourth-order valence-electron chi connectivity index (χ4n) is 2.87. The van der Waals surface area contributed by atoms with E-state index in [0.717, 1.165) is 48.3 Å². The first-order valence-corrected chi connectivity index (χ1v) is 9.94. The van der Waals surface area contributed by atoms with E-state index in [2.05, 4.69) is 59.7 Å². The standard InChI is InChI=1S/C19H30N4OS/c1-6-8-12-23-18(17(7-2)22(3)4)20-21-19(23)25-14-15-10-9-11-16(13-15)24-5/h9-11,13,17H,6-8,12,14H2,1-5H3. The molecule has 2 aromatic rings. The van der Waals surface area contributed by atoms with E-state index in [-0.39, 0.29) is 0 Å². The summed E-state index contributed by atoms with van der Waals surface area (Å²) >= 11 is 1.75. The van der Waals surface area contributed by atoms with Gasteiger partial charge in [-0.25, -0.2) is 0 Å². The molecule has 0 bridgehead atoms. The van der Waals surface area contributed by atoms with Gasteiger partial charge in [-0.05, 0) is 44.6 Å². The maximum Gasteiger partial charge on any atom is 0.191 e. The summed E-state index contributed by atoms with van der Waals surface area (Å²) in [5.74, 6) is 2.83. The van der Waals surface area contributed by atoms with Crippen LogP contribution in [-0.2, 0) is 12.3 Å². The Labute approximate surface area is 155 Å². The molecule has 138 valence electrons. The van der Waals surface area contributed by atoms with Crippen LogP contribution >= 0.6 is 11.8 Å². The fraction of sp³-hybridized carbons (Fsp3) is 0.579. The normalized spacial score (nSPS) is 12.6. The van der Waals surface area contributed by atoms with Gasteiger partial charge in [0.15, 0.2) is 11.0 Å². The Hall–Kier alpha value is -1.53. The molecule has 1 aromatic carbocycles. The van der Waals surface area contributed by atoms with Gasteiger partial charge >= 0.3 is 0 Å². The second-order valence-electron chi connectivity index (χ2n) is 6.37. The summed E-state index contributed by atoms with van der Waals surface area (Å²) in [6, 6.07) is 8.50. The van der Waals surface area contributed by atoms with Gasteiger partial charge in [-0.1, -0.05) is 44.2 Å². The summed E-state index contributed by atoms with van der Waals surface area (Å²) in [6.45, 7) is 5.40. The van der Waals surface area contributed by atoms with Crippen LogP contribution in [-0.4, -0.2) is 40.9 Å². The third kappa shape index (κ3) is 5.22. The van der Waals surface area contributed by atoms with E-state index in [1.165, 1.54) is 5.56 Å². The minimum Gasteiger partial charge on any atom is -0.497 e. The van der Waals surface area contributed by atoms with E-state index < -0.39 is 0 Å². The first kappa shape index (κ1) is 19.8. The molecule has 25 heavy (non-hydrogen) atoms. The predicted molar refractivity (Wildman–Crippen MR) is 104 cm³/mol. The molecule has 1 atom stereocenters. The monoisotopic (exact) mass is 362 g/mol. The summed E-state index contributed by atoms with van der Waals surface area (Å²) in [5, 5.41) is 10.0. The van der Waals surface area contributed by atoms with E-state index in [0.29, 0.717) is 6.04 Å². The molecule has 0 aliphatic rings. The van der Waals surface area contributed by atoms with Crippen molar-refractivity contribution in [3.05, 3.63) is 35.7 Å². The van der Waals surface area contributed by atoms with Gasteiger partial charge in [0.05, 0.1) is 13.2 Å². The number of ether oxygens (including phenoxy) is 1. The number of benzene rings is 1. The van der Waals surface area contributed by atoms with Crippen LogP contribution in [0.3, 0.4) is 0 Å². The Morgan fingerprint density at radius 2 is 2.04 bits per heavy atom. The van der Waals surface area contributed by atoms with Gasteiger partial charge in [-0.3, -0.25) is 4.90 Å². The van der Waals surface area contributed by atoms with Crippen LogP contribution in [0.5, 0.6) is 5.75 Å². The fourth-order valence-corrected chi connectivity index (χ4v) is 3.78. The molecule has 6 heteroatoms. The molecule has 5 nitrogen and oxygen atoms in total. The molecule has 0 saturated heterocycles. The molecule has 0 saturated carbocycles. The Kier molecular flexibility index (Phi) is 7.78. The van der Waals surface area contributed by atoms with E-state index in [1.54, 1.807) is 18.9 Å². The minimum atomic E-state index is 0.301. The zero-order valence-corrected chi connectivity index (χ0v) is 16.8. The minimum absolute atomic E-state index is 0.301. The lowest BCUT2D eigenvalue weighted by Gasteiger charge is -2.23. The number of nitrogens with zero attached hydrogens (tertiary/aromatic N) is 4. The maximum atomic E-state index is 5.31. The number of methoxy groups -OCH3 is 1. The molecule has 1 aromatic heterocycles. The molecule has 0 fully saturated rings. The maximum absolute atomic E-state index is 5.31. The quantitative estimate of drug-likeness (QED) is 0.586. The highest BCUT2D eigenvalue weighted by Gasteiger charge is 2.21. The van der Waals surface area contributed by atoms with E-state index in [1.807, 2.05) is 12.1 Å². The van der Waals surface area contributed by atoms with Crippen LogP contribution in [0.2, 0.25) is 0 Å². The summed E-state index contributed by atoms with van der Waals surface area (Å²) in [6.07, 6.45) is 3.33. The molecule has 0 aliphatic heterocycles. The second-order valence-corrected chi connectivity index (χ2v) is 7.32. The SMILES string of the molecule is CCCCn1c(SCc2cccc(OC)c2)nnc1C(CC)N(C)C. The number of hydrogen-bond donors (Lipinski definition) is 0. The molecule has 0 amide bonds. The van der Waals surface area contributed by atoms with Gasteiger partial charge in [-0.15, -0.1) is 10.2 Å². The van der Waals surface area contributed by atoms with Crippen molar-refractivity contribution in [3.63, 3.8) is 0 Å². The van der Waals surface area contributed by atoms with Gasteiger partial charge < -0.3 is 9.30 Å². The van der Waals surface area contributed by atoms with Crippen LogP contribution < -0.4 is 4.74 Å². The smallest absolute Gasteiger partial charge is 0.191 e. The van der Waals surface area contributed by atoms with Crippen molar-refractivity contribution >= 4 is 11.8 Å². The van der Waals surface area contributed by atoms with Crippen molar-refractivity contribution in [1.29, 1.82) is 0 Å². The number of thioether (sulfide) groups is 1. The van der Waals surface area contributed by atoms with Crippen molar-refractivity contribution in [2.45, 2.75) is 56.6 Å². The lowest BCUT2D eigenvalue weighted by molar-refractivity contribution is 0.270. The molecule has 0 spiro atoms. The van der Waals surface area contributed by atoms with Gasteiger partial charge in [0.25, 0.3) is 0 Å². The van der Waals surface area contributed by atoms with Gasteiger partial charge in [0.1, 0.15) is 5.75 Å². The van der Waals surface area contributed by atoms with Crippen molar-refractivity contribution in [3.8, 4) is 5.75 Å². The third-order valence-electron chi connectivity index (χ3n) is 4.29. The predicted octanol–water partition coefficient (Wildman–Crippen LogP) is 4.39. The van der Waals surface area contributed by atoms with Gasteiger partial charge in [0.2, 0.25) is 0 Å². The third-order valence-corrected chi connectivity index (χ3v) is 5.33. The lowest BCUT2D eigenvalue weighted by atomic mass is 10.2. The summed E-state index contributed by atoms with van der Waals surface area (Å²) in [5.41, 5.74) is 1.23. The van der Waals surface area contributed by atoms with Crippen molar-refractivity contribution in [2.24, 2.45) is 0 Å². The average Bonchev–Trinajstić information content (AvgIpc) is 3.01. The molecule has 0 N–H and O–H groups in total. The first-order valence-electron chi connectivity index (χ1n) is 8.95. The summed E-state index contributed by atoms with van der Waals surface area (Å²) in [4.78, 5) is 2.23. The molecule has 0 aliphatic carbocycles. The van der Waals surface area contributed by atoms with Crippen LogP contribution in [0.15, 0.2) is 29.4 Å². The summed E-state index contributed by atoms with van der Waals surface area (Å²) in [7, 11) is 5.91. The number of rotatable bonds is 10. The van der Waals surface area contributed by atoms with Crippen LogP contribution in [0, 0.1) is 0 Å². The number of unbranched alkanes of at least 4 members (excludes halogenated alkanes) is 1. The largest absolute Gasteiger partial charge is 0.497 e. The topological polar surface area (TPSA) is 43.2 Å². The zero-order chi connectivity index (χ0) is 18.2. The second kappa shape index (κ2) is 9.82. The molecular formula is C19H30N4OS. The Morgan fingerprint density at radius 3 is 2.68 bits per heavy atom. The Bertz CT molecular complexity index is 657. The van der Waals surface area contributed by atoms with Gasteiger partial charge in [0, 0.05) is 12.3 Å². The highest BCUT2D eigenvalue weighted by atomic mass is 32.2. The van der Waals surface area contributed by atoms with Crippen molar-refractivity contribution < 1.29 is 4.74 Å². The van der Waals surface area contributed by atoms with Crippen molar-refractivity contribution in [2.75, 3.05) is 21.2 Å². The average molecular weight is 363 g/mol. The Morgan fingerprint density at radius 1 is 1.24 bits per heavy atom. The van der Waals surface area contributed by atoms with E-state index >= 15 is 0 Å². The molecule has 2 rings (SSSR count). The molecule has 0 radical (unpaired) electrons. The van der Waals surface area contributed by atoms with E-state index in [9.17, 15) is 0 Å². The van der Waals surface area contributed by atoms with Crippen LogP contribution in [0.25, 0.3) is 0 Å². The summed E-state index contributed by atoms with van der Waals surface area (Å²) < 4.78 is 7.62. The Balaban J connectivity index is 2.19. The highest BCUT2D eigenvalue weighted by Crippen LogP contribution is 2.28. The van der Waals surface area contributed by atoms with Crippen LogP contribution in [0.4, 0.5) is 0 Å². The van der Waals surface area contributed by atoms with E-state index in [4.69, 9.17) is 4.74 Å².